The molecule has 1 saturated carbocycles. The molecule has 44 heavy (non-hydrogen) atoms. The van der Waals surface area contributed by atoms with Crippen LogP contribution in [0.3, 0.4) is 0 Å². The van der Waals surface area contributed by atoms with Crippen LogP contribution in [0, 0.1) is 5.92 Å². The summed E-state index contributed by atoms with van der Waals surface area (Å²) in [6.07, 6.45) is -3.29. The summed E-state index contributed by atoms with van der Waals surface area (Å²) in [6, 6.07) is 7.01. The first kappa shape index (κ1) is 33.0. The van der Waals surface area contributed by atoms with Gasteiger partial charge in [0.15, 0.2) is 0 Å². The molecule has 2 aliphatic rings. The van der Waals surface area contributed by atoms with Crippen LogP contribution in [0.5, 0.6) is 5.75 Å². The maximum Gasteiger partial charge on any atom is 0.490 e. The molecule has 0 radical (unpaired) electrons. The van der Waals surface area contributed by atoms with Crippen molar-refractivity contribution in [3.05, 3.63) is 47.9 Å². The zero-order chi connectivity index (χ0) is 32.1. The van der Waals surface area contributed by atoms with Gasteiger partial charge in [0.2, 0.25) is 0 Å². The summed E-state index contributed by atoms with van der Waals surface area (Å²) in [7, 11) is 1.47. The molecule has 1 aliphatic heterocycles. The molecule has 3 heterocycles. The van der Waals surface area contributed by atoms with Crippen LogP contribution in [-0.2, 0) is 11.0 Å². The molecule has 1 amide bonds. The van der Waals surface area contributed by atoms with Crippen molar-refractivity contribution in [2.24, 2.45) is 5.92 Å². The third kappa shape index (κ3) is 8.59. The molecule has 5 rings (SSSR count). The second-order valence-corrected chi connectivity index (χ2v) is 10.6. The number of alkyl halides is 6. The second kappa shape index (κ2) is 13.8. The van der Waals surface area contributed by atoms with E-state index in [9.17, 15) is 31.1 Å². The van der Waals surface area contributed by atoms with E-state index >= 15 is 0 Å². The topological polar surface area (TPSA) is 122 Å². The molecular formula is C28H32F6N6O4. The molecule has 2 aromatic heterocycles. The molecule has 1 saturated heterocycles. The van der Waals surface area contributed by atoms with E-state index in [1.807, 2.05) is 10.9 Å². The van der Waals surface area contributed by atoms with Gasteiger partial charge in [-0.2, -0.15) is 31.4 Å². The van der Waals surface area contributed by atoms with E-state index in [-0.39, 0.29) is 5.69 Å². The number of hydrogen-bond donors (Lipinski definition) is 3. The van der Waals surface area contributed by atoms with Crippen LogP contribution in [0.25, 0.3) is 10.9 Å². The molecule has 0 unspecified atom stereocenters. The van der Waals surface area contributed by atoms with Gasteiger partial charge in [0.05, 0.1) is 24.4 Å². The molecule has 3 N–H and O–H groups in total. The van der Waals surface area contributed by atoms with Gasteiger partial charge in [-0.1, -0.05) is 6.07 Å². The van der Waals surface area contributed by atoms with Gasteiger partial charge in [-0.15, -0.1) is 0 Å². The summed E-state index contributed by atoms with van der Waals surface area (Å²) in [6.45, 7) is 5.54. The van der Waals surface area contributed by atoms with Crippen LogP contribution in [-0.4, -0.2) is 82.7 Å². The highest BCUT2D eigenvalue weighted by molar-refractivity contribution is 6.05. The van der Waals surface area contributed by atoms with Crippen molar-refractivity contribution in [1.82, 2.24) is 25.0 Å². The van der Waals surface area contributed by atoms with E-state index in [0.29, 0.717) is 23.4 Å². The average molecular weight is 631 g/mol. The number of aliphatic carboxylic acids is 1. The third-order valence-electron chi connectivity index (χ3n) is 7.52. The number of carbonyl (C=O) groups excluding carboxylic acids is 1. The zero-order valence-electron chi connectivity index (χ0n) is 23.7. The number of carbonyl (C=O) groups is 2. The quantitative estimate of drug-likeness (QED) is 0.326. The number of nitrogens with one attached hydrogen (secondary N) is 2. The number of amides is 1. The lowest BCUT2D eigenvalue weighted by Gasteiger charge is -2.34. The normalized spacial score (nSPS) is 19.6. The van der Waals surface area contributed by atoms with E-state index in [0.717, 1.165) is 68.6 Å². The molecule has 1 aromatic carbocycles. The minimum atomic E-state index is -5.08. The fraction of sp³-hybridized carbons (Fsp3) is 0.500. The maximum atomic E-state index is 13.0. The molecule has 0 atom stereocenters. The number of anilines is 1. The zero-order valence-corrected chi connectivity index (χ0v) is 23.7. The number of fused-ring (bicyclic) bond motifs is 1. The highest BCUT2D eigenvalue weighted by atomic mass is 19.4. The van der Waals surface area contributed by atoms with Crippen LogP contribution in [0.1, 0.15) is 47.9 Å². The van der Waals surface area contributed by atoms with Crippen molar-refractivity contribution >= 4 is 28.5 Å². The van der Waals surface area contributed by atoms with Gasteiger partial charge in [0.25, 0.3) is 5.91 Å². The van der Waals surface area contributed by atoms with Gasteiger partial charge in [-0.3, -0.25) is 9.48 Å². The Hall–Kier alpha value is -3.92. The number of ether oxygens (including phenoxy) is 1. The number of carboxylic acids is 1. The number of rotatable bonds is 6. The lowest BCUT2D eigenvalue weighted by Crippen LogP contribution is -2.45. The molecule has 0 bridgehead atoms. The van der Waals surface area contributed by atoms with Crippen molar-refractivity contribution in [1.29, 1.82) is 0 Å². The Kier molecular flexibility index (Phi) is 10.3. The summed E-state index contributed by atoms with van der Waals surface area (Å²) in [5.41, 5.74) is -0.370. The van der Waals surface area contributed by atoms with Crippen LogP contribution in [0.15, 0.2) is 36.5 Å². The molecule has 3 aromatic rings. The SMILES string of the molecule is COc1cc2nn(C3CCC(CN4CCNCC4)CC3)cc2cc1NC(=O)c1cccc(C(F)(F)F)n1.O=C(O)C(F)(F)F. The third-order valence-corrected chi connectivity index (χ3v) is 7.52. The number of hydrogen-bond acceptors (Lipinski definition) is 7. The Labute approximate surface area is 248 Å². The lowest BCUT2D eigenvalue weighted by atomic mass is 9.85. The Morgan fingerprint density at radius 3 is 2.32 bits per heavy atom. The molecule has 10 nitrogen and oxygen atoms in total. The number of benzene rings is 1. The molecule has 240 valence electrons. The average Bonchev–Trinajstić information content (AvgIpc) is 3.40. The van der Waals surface area contributed by atoms with Gasteiger partial charge in [-0.05, 0) is 49.8 Å². The smallest absolute Gasteiger partial charge is 0.490 e. The standard InChI is InChI=1S/C26H31F3N6O2.C2HF3O2/c1-37-23-14-21-18(13-22(23)32-25(36)20-3-2-4-24(31-20)26(27,28)29)16-35(33-21)19-7-5-17(6-8-19)15-34-11-9-30-10-12-34;3-2(4,5)1(6)7/h2-4,13-14,16-17,19,30H,5-12,15H2,1H3,(H,32,36);(H,6,7). The lowest BCUT2D eigenvalue weighted by molar-refractivity contribution is -0.192. The van der Waals surface area contributed by atoms with Crippen molar-refractivity contribution in [2.75, 3.05) is 45.2 Å². The van der Waals surface area contributed by atoms with E-state index in [1.54, 1.807) is 12.1 Å². The van der Waals surface area contributed by atoms with E-state index in [2.05, 4.69) is 20.5 Å². The predicted molar refractivity (Wildman–Crippen MR) is 147 cm³/mol. The minimum Gasteiger partial charge on any atom is -0.494 e. The Balaban J connectivity index is 0.000000566. The van der Waals surface area contributed by atoms with Crippen LogP contribution >= 0.6 is 0 Å². The molecule has 1 aliphatic carbocycles. The van der Waals surface area contributed by atoms with Crippen molar-refractivity contribution in [3.8, 4) is 5.75 Å². The van der Waals surface area contributed by atoms with Gasteiger partial charge in [0.1, 0.15) is 17.1 Å². The summed E-state index contributed by atoms with van der Waals surface area (Å²) >= 11 is 0. The minimum absolute atomic E-state index is 0.310. The fourth-order valence-electron chi connectivity index (χ4n) is 5.28. The summed E-state index contributed by atoms with van der Waals surface area (Å²) in [5, 5.41) is 18.8. The van der Waals surface area contributed by atoms with Gasteiger partial charge < -0.3 is 25.4 Å². The maximum absolute atomic E-state index is 13.0. The number of pyridine rings is 1. The Morgan fingerprint density at radius 2 is 1.73 bits per heavy atom. The largest absolute Gasteiger partial charge is 0.494 e. The molecule has 16 heteroatoms. The van der Waals surface area contributed by atoms with Crippen molar-refractivity contribution in [3.63, 3.8) is 0 Å². The summed E-state index contributed by atoms with van der Waals surface area (Å²) < 4.78 is 78.2. The van der Waals surface area contributed by atoms with Gasteiger partial charge in [-0.25, -0.2) is 9.78 Å². The fourth-order valence-corrected chi connectivity index (χ4v) is 5.28. The summed E-state index contributed by atoms with van der Waals surface area (Å²) in [4.78, 5) is 27.6. The van der Waals surface area contributed by atoms with Crippen LogP contribution in [0.2, 0.25) is 0 Å². The highest BCUT2D eigenvalue weighted by Gasteiger charge is 2.38. The first-order valence-corrected chi connectivity index (χ1v) is 13.9. The number of carboxylic acid groups (broad SMARTS) is 1. The monoisotopic (exact) mass is 630 g/mol. The Morgan fingerprint density at radius 1 is 1.07 bits per heavy atom. The summed E-state index contributed by atoms with van der Waals surface area (Å²) in [5.74, 6) is -2.42. The van der Waals surface area contributed by atoms with E-state index in [1.165, 1.54) is 26.0 Å². The van der Waals surface area contributed by atoms with Crippen molar-refractivity contribution < 1.29 is 45.8 Å². The van der Waals surface area contributed by atoms with Crippen molar-refractivity contribution in [2.45, 2.75) is 44.1 Å². The number of nitrogens with zero attached hydrogens (tertiary/aromatic N) is 4. The number of piperazine rings is 1. The molecule has 0 spiro atoms. The van der Waals surface area contributed by atoms with E-state index < -0.39 is 29.9 Å². The second-order valence-electron chi connectivity index (χ2n) is 10.6. The predicted octanol–water partition coefficient (Wildman–Crippen LogP) is 4.98. The number of aromatic nitrogens is 3. The molecular weight excluding hydrogens is 598 g/mol. The first-order chi connectivity index (χ1) is 20.7. The Bertz CT molecular complexity index is 1450. The number of halogens is 6. The van der Waals surface area contributed by atoms with Crippen LogP contribution < -0.4 is 15.4 Å². The molecule has 2 fully saturated rings. The number of methoxy groups -OCH3 is 1. The van der Waals surface area contributed by atoms with Gasteiger partial charge in [0, 0.05) is 50.4 Å². The highest BCUT2D eigenvalue weighted by Crippen LogP contribution is 2.35. The first-order valence-electron chi connectivity index (χ1n) is 13.9. The van der Waals surface area contributed by atoms with E-state index in [4.69, 9.17) is 19.7 Å². The van der Waals surface area contributed by atoms with Gasteiger partial charge >= 0.3 is 18.3 Å². The van der Waals surface area contributed by atoms with Crippen LogP contribution in [0.4, 0.5) is 32.0 Å².